The van der Waals surface area contributed by atoms with Crippen molar-refractivity contribution in [1.82, 2.24) is 4.90 Å². The highest BCUT2D eigenvalue weighted by Crippen LogP contribution is 2.24. The Kier molecular flexibility index (Phi) is 5.33. The van der Waals surface area contributed by atoms with Crippen molar-refractivity contribution in [2.24, 2.45) is 11.7 Å². The molecule has 2 unspecified atom stereocenters. The summed E-state index contributed by atoms with van der Waals surface area (Å²) in [6, 6.07) is 9.07. The average Bonchev–Trinajstić information content (AvgIpc) is 2.48. The number of methoxy groups -OCH3 is 1. The molecule has 5 heteroatoms. The molecule has 1 aliphatic heterocycles. The maximum Gasteiger partial charge on any atom is 0.329 e. The van der Waals surface area contributed by atoms with Crippen molar-refractivity contribution in [3.05, 3.63) is 35.9 Å². The topological polar surface area (TPSA) is 75.8 Å². The summed E-state index contributed by atoms with van der Waals surface area (Å²) in [5.41, 5.74) is 5.52. The van der Waals surface area contributed by atoms with Gasteiger partial charge in [-0.15, -0.1) is 0 Å². The first kappa shape index (κ1) is 15.9. The fourth-order valence-corrected chi connectivity index (χ4v) is 3.04. The Labute approximate surface area is 125 Å². The lowest BCUT2D eigenvalue weighted by atomic mass is 9.89. The van der Waals surface area contributed by atoms with Crippen LogP contribution in [-0.4, -0.2) is 49.3 Å². The Morgan fingerprint density at radius 1 is 1.48 bits per heavy atom. The quantitative estimate of drug-likeness (QED) is 0.826. The van der Waals surface area contributed by atoms with Crippen LogP contribution in [0.1, 0.15) is 18.4 Å². The number of likely N-dealkylation sites (tertiary alicyclic amines) is 1. The third kappa shape index (κ3) is 3.81. The van der Waals surface area contributed by atoms with Gasteiger partial charge in [-0.2, -0.15) is 0 Å². The van der Waals surface area contributed by atoms with Gasteiger partial charge in [0.1, 0.15) is 0 Å². The van der Waals surface area contributed by atoms with E-state index in [4.69, 9.17) is 10.5 Å². The van der Waals surface area contributed by atoms with Gasteiger partial charge in [-0.3, -0.25) is 0 Å². The van der Waals surface area contributed by atoms with E-state index in [2.05, 4.69) is 4.90 Å². The van der Waals surface area contributed by atoms with E-state index >= 15 is 0 Å². The maximum absolute atomic E-state index is 11.7. The molecule has 5 nitrogen and oxygen atoms in total. The van der Waals surface area contributed by atoms with Crippen LogP contribution < -0.4 is 5.73 Å². The van der Waals surface area contributed by atoms with Crippen LogP contribution in [-0.2, 0) is 15.1 Å². The molecule has 0 aliphatic carbocycles. The Balaban J connectivity index is 2.11. The Hall–Kier alpha value is -1.43. The van der Waals surface area contributed by atoms with Gasteiger partial charge in [0.25, 0.3) is 0 Å². The van der Waals surface area contributed by atoms with E-state index in [9.17, 15) is 9.90 Å². The molecule has 0 radical (unpaired) electrons. The normalized spacial score (nSPS) is 22.7. The number of nitrogens with zero attached hydrogens (tertiary/aromatic N) is 1. The lowest BCUT2D eigenvalue weighted by molar-refractivity contribution is -0.144. The molecule has 1 saturated heterocycles. The minimum absolute atomic E-state index is 0.326. The highest BCUT2D eigenvalue weighted by molar-refractivity contribution is 5.80. The molecule has 1 fully saturated rings. The number of benzene rings is 1. The van der Waals surface area contributed by atoms with Gasteiger partial charge in [0.15, 0.2) is 5.54 Å². The summed E-state index contributed by atoms with van der Waals surface area (Å²) in [6.45, 7) is 2.77. The van der Waals surface area contributed by atoms with Gasteiger partial charge in [-0.25, -0.2) is 4.79 Å². The summed E-state index contributed by atoms with van der Waals surface area (Å²) in [5, 5.41) is 9.61. The molecule has 2 rings (SSSR count). The third-order valence-electron chi connectivity index (χ3n) is 4.15. The summed E-state index contributed by atoms with van der Waals surface area (Å²) in [6.07, 6.45) is 2.18. The zero-order valence-corrected chi connectivity index (χ0v) is 12.5. The van der Waals surface area contributed by atoms with Crippen LogP contribution in [0, 0.1) is 5.92 Å². The predicted octanol–water partition coefficient (Wildman–Crippen LogP) is 1.28. The van der Waals surface area contributed by atoms with Gasteiger partial charge in [0, 0.05) is 20.2 Å². The van der Waals surface area contributed by atoms with Gasteiger partial charge in [-0.1, -0.05) is 30.3 Å². The standard InChI is InChI=1S/C16H24N2O3/c1-21-11-13-6-5-9-18(10-13)12-16(17,15(19)20)14-7-3-2-4-8-14/h2-4,7-8,13H,5-6,9-12,17H2,1H3,(H,19,20). The van der Waals surface area contributed by atoms with Gasteiger partial charge >= 0.3 is 5.97 Å². The lowest BCUT2D eigenvalue weighted by Crippen LogP contribution is -2.55. The van der Waals surface area contributed by atoms with E-state index in [1.54, 1.807) is 19.2 Å². The van der Waals surface area contributed by atoms with Crippen molar-refractivity contribution in [3.8, 4) is 0 Å². The minimum Gasteiger partial charge on any atom is -0.480 e. The van der Waals surface area contributed by atoms with Gasteiger partial charge < -0.3 is 20.5 Å². The maximum atomic E-state index is 11.7. The zero-order valence-electron chi connectivity index (χ0n) is 12.5. The third-order valence-corrected chi connectivity index (χ3v) is 4.15. The smallest absolute Gasteiger partial charge is 0.329 e. The number of carboxylic acid groups (broad SMARTS) is 1. The molecule has 21 heavy (non-hydrogen) atoms. The number of rotatable bonds is 6. The summed E-state index contributed by atoms with van der Waals surface area (Å²) in [7, 11) is 1.70. The van der Waals surface area contributed by atoms with Crippen LogP contribution in [0.4, 0.5) is 0 Å². The number of piperidine rings is 1. The number of aliphatic carboxylic acids is 1. The van der Waals surface area contributed by atoms with Crippen LogP contribution in [0.3, 0.4) is 0 Å². The average molecular weight is 292 g/mol. The molecule has 1 heterocycles. The zero-order chi connectivity index (χ0) is 15.3. The second-order valence-corrected chi connectivity index (χ2v) is 5.84. The van der Waals surface area contributed by atoms with Crippen LogP contribution >= 0.6 is 0 Å². The van der Waals surface area contributed by atoms with Crippen molar-refractivity contribution in [3.63, 3.8) is 0 Å². The van der Waals surface area contributed by atoms with E-state index in [0.717, 1.165) is 25.9 Å². The van der Waals surface area contributed by atoms with Crippen LogP contribution in [0.2, 0.25) is 0 Å². The highest BCUT2D eigenvalue weighted by Gasteiger charge is 2.38. The molecule has 0 aromatic heterocycles. The van der Waals surface area contributed by atoms with Crippen molar-refractivity contribution in [2.45, 2.75) is 18.4 Å². The number of ether oxygens (including phenoxy) is 1. The Morgan fingerprint density at radius 2 is 2.19 bits per heavy atom. The minimum atomic E-state index is -1.36. The first-order valence-corrected chi connectivity index (χ1v) is 7.35. The lowest BCUT2D eigenvalue weighted by Gasteiger charge is -2.37. The molecule has 0 spiro atoms. The summed E-state index contributed by atoms with van der Waals surface area (Å²) < 4.78 is 5.22. The van der Waals surface area contributed by atoms with Crippen LogP contribution in [0.5, 0.6) is 0 Å². The summed E-state index contributed by atoms with van der Waals surface area (Å²) in [5.74, 6) is -0.528. The van der Waals surface area contributed by atoms with Gasteiger partial charge in [0.2, 0.25) is 0 Å². The molecule has 3 N–H and O–H groups in total. The second-order valence-electron chi connectivity index (χ2n) is 5.84. The Morgan fingerprint density at radius 3 is 2.81 bits per heavy atom. The predicted molar refractivity (Wildman–Crippen MR) is 81.0 cm³/mol. The second kappa shape index (κ2) is 7.02. The van der Waals surface area contributed by atoms with Crippen molar-refractivity contribution < 1.29 is 14.6 Å². The van der Waals surface area contributed by atoms with E-state index in [1.807, 2.05) is 18.2 Å². The molecule has 116 valence electrons. The number of carboxylic acids is 1. The molecule has 0 bridgehead atoms. The molecule has 2 atom stereocenters. The van der Waals surface area contributed by atoms with E-state index in [-0.39, 0.29) is 0 Å². The monoisotopic (exact) mass is 292 g/mol. The van der Waals surface area contributed by atoms with Crippen LogP contribution in [0.15, 0.2) is 30.3 Å². The first-order chi connectivity index (χ1) is 10.1. The largest absolute Gasteiger partial charge is 0.480 e. The number of carbonyl (C=O) groups is 1. The number of nitrogens with two attached hydrogens (primary N) is 1. The molecule has 1 aromatic rings. The van der Waals surface area contributed by atoms with Gasteiger partial charge in [-0.05, 0) is 30.9 Å². The first-order valence-electron chi connectivity index (χ1n) is 7.35. The molecule has 0 amide bonds. The fourth-order valence-electron chi connectivity index (χ4n) is 3.04. The fraction of sp³-hybridized carbons (Fsp3) is 0.562. The molecular weight excluding hydrogens is 268 g/mol. The molecule has 1 aromatic carbocycles. The summed E-state index contributed by atoms with van der Waals surface area (Å²) >= 11 is 0. The Bertz CT molecular complexity index is 464. The molecule has 0 saturated carbocycles. The summed E-state index contributed by atoms with van der Waals surface area (Å²) in [4.78, 5) is 13.9. The number of hydrogen-bond acceptors (Lipinski definition) is 4. The SMILES string of the molecule is COCC1CCCN(CC(N)(C(=O)O)c2ccccc2)C1. The van der Waals surface area contributed by atoms with Crippen molar-refractivity contribution in [2.75, 3.05) is 33.4 Å². The van der Waals surface area contributed by atoms with E-state index in [1.165, 1.54) is 0 Å². The number of hydrogen-bond donors (Lipinski definition) is 2. The van der Waals surface area contributed by atoms with Crippen molar-refractivity contribution >= 4 is 5.97 Å². The molecular formula is C16H24N2O3. The van der Waals surface area contributed by atoms with Crippen LogP contribution in [0.25, 0.3) is 0 Å². The van der Waals surface area contributed by atoms with Gasteiger partial charge in [0.05, 0.1) is 6.61 Å². The highest BCUT2D eigenvalue weighted by atomic mass is 16.5. The molecule has 1 aliphatic rings. The van der Waals surface area contributed by atoms with E-state index < -0.39 is 11.5 Å². The van der Waals surface area contributed by atoms with Crippen molar-refractivity contribution in [1.29, 1.82) is 0 Å². The van der Waals surface area contributed by atoms with E-state index in [0.29, 0.717) is 24.6 Å².